The van der Waals surface area contributed by atoms with E-state index < -0.39 is 0 Å². The van der Waals surface area contributed by atoms with E-state index in [4.69, 9.17) is 4.42 Å². The molecule has 0 radical (unpaired) electrons. The van der Waals surface area contributed by atoms with Crippen LogP contribution in [0.25, 0.3) is 0 Å². The van der Waals surface area contributed by atoms with Crippen molar-refractivity contribution in [3.63, 3.8) is 0 Å². The van der Waals surface area contributed by atoms with Crippen LogP contribution in [-0.4, -0.2) is 53.9 Å². The highest BCUT2D eigenvalue weighted by Gasteiger charge is 2.24. The molecule has 1 aliphatic heterocycles. The third-order valence-electron chi connectivity index (χ3n) is 5.43. The van der Waals surface area contributed by atoms with Gasteiger partial charge in [0.2, 0.25) is 5.91 Å². The molecule has 1 aliphatic rings. The zero-order chi connectivity index (χ0) is 22.5. The van der Waals surface area contributed by atoms with Crippen molar-refractivity contribution in [2.24, 2.45) is 0 Å². The van der Waals surface area contributed by atoms with Crippen LogP contribution in [0.2, 0.25) is 0 Å². The maximum atomic E-state index is 12.8. The summed E-state index contributed by atoms with van der Waals surface area (Å²) in [5.41, 5.74) is 1.89. The molecule has 0 saturated carbocycles. The summed E-state index contributed by atoms with van der Waals surface area (Å²) in [5.74, 6) is 2.71. The molecule has 4 rings (SSSR count). The smallest absolute Gasteiger partial charge is 0.233 e. The van der Waals surface area contributed by atoms with Gasteiger partial charge in [-0.05, 0) is 58.2 Å². The number of aromatic nitrogens is 5. The number of rotatable bonds is 8. The Bertz CT molecular complexity index is 1030. The molecule has 0 N–H and O–H groups in total. The van der Waals surface area contributed by atoms with Crippen molar-refractivity contribution in [3.8, 4) is 0 Å². The van der Waals surface area contributed by atoms with Crippen LogP contribution in [0, 0.1) is 13.8 Å². The van der Waals surface area contributed by atoms with Gasteiger partial charge in [-0.25, -0.2) is 9.97 Å². The lowest BCUT2D eigenvalue weighted by Crippen LogP contribution is -2.43. The first-order chi connectivity index (χ1) is 15.5. The Kier molecular flexibility index (Phi) is 7.51. The van der Waals surface area contributed by atoms with Crippen molar-refractivity contribution in [1.29, 1.82) is 0 Å². The van der Waals surface area contributed by atoms with Gasteiger partial charge in [-0.15, -0.1) is 10.2 Å². The maximum Gasteiger partial charge on any atom is 0.233 e. The summed E-state index contributed by atoms with van der Waals surface area (Å²) in [5, 5.41) is 10.2. The van der Waals surface area contributed by atoms with Gasteiger partial charge in [-0.1, -0.05) is 23.5 Å². The van der Waals surface area contributed by atoms with Gasteiger partial charge >= 0.3 is 0 Å². The molecule has 1 fully saturated rings. The monoisotopic (exact) mass is 472 g/mol. The van der Waals surface area contributed by atoms with Crippen LogP contribution in [0.1, 0.15) is 49.2 Å². The molecule has 10 heteroatoms. The van der Waals surface area contributed by atoms with Gasteiger partial charge in [-0.2, -0.15) is 0 Å². The minimum absolute atomic E-state index is 0.161. The van der Waals surface area contributed by atoms with E-state index in [1.807, 2.05) is 41.5 Å². The number of amides is 1. The number of aryl methyl sites for hydroxylation is 2. The number of furan rings is 1. The van der Waals surface area contributed by atoms with Gasteiger partial charge in [0.05, 0.1) is 24.3 Å². The minimum atomic E-state index is 0.161. The second-order valence-electron chi connectivity index (χ2n) is 8.01. The highest BCUT2D eigenvalue weighted by atomic mass is 32.2. The fourth-order valence-corrected chi connectivity index (χ4v) is 5.55. The average Bonchev–Trinajstić information content (AvgIpc) is 3.41. The largest absolute Gasteiger partial charge is 0.467 e. The third-order valence-corrected chi connectivity index (χ3v) is 7.22. The van der Waals surface area contributed by atoms with Gasteiger partial charge in [0.1, 0.15) is 11.6 Å². The standard InChI is InChI=1S/C22H28N6O2S2/c1-15-11-16(2)24-21(23-15)31-13-19-25-26-22(28(19)12-18-8-6-10-30-18)32-14-20(29)27-9-5-4-7-17(27)3/h6,8,10-11,17H,4-5,7,9,12-14H2,1-3H3/t17-/m1/s1. The molecule has 3 aromatic rings. The Balaban J connectivity index is 1.47. The highest BCUT2D eigenvalue weighted by Crippen LogP contribution is 2.25. The molecule has 4 heterocycles. The number of carbonyl (C=O) groups is 1. The Labute approximate surface area is 196 Å². The number of hydrogen-bond donors (Lipinski definition) is 0. The van der Waals surface area contributed by atoms with E-state index in [0.717, 1.165) is 52.7 Å². The molecule has 0 spiro atoms. The zero-order valence-electron chi connectivity index (χ0n) is 18.7. The van der Waals surface area contributed by atoms with E-state index in [-0.39, 0.29) is 5.91 Å². The highest BCUT2D eigenvalue weighted by molar-refractivity contribution is 7.99. The summed E-state index contributed by atoms with van der Waals surface area (Å²) in [7, 11) is 0. The lowest BCUT2D eigenvalue weighted by Gasteiger charge is -2.33. The molecule has 32 heavy (non-hydrogen) atoms. The van der Waals surface area contributed by atoms with Crippen LogP contribution in [-0.2, 0) is 17.1 Å². The quantitative estimate of drug-likeness (QED) is 0.357. The topological polar surface area (TPSA) is 89.9 Å². The fourth-order valence-electron chi connectivity index (χ4n) is 3.81. The van der Waals surface area contributed by atoms with Crippen LogP contribution in [0.4, 0.5) is 0 Å². The van der Waals surface area contributed by atoms with Gasteiger partial charge in [0, 0.05) is 24.0 Å². The van der Waals surface area contributed by atoms with E-state index in [1.54, 1.807) is 6.26 Å². The molecule has 8 nitrogen and oxygen atoms in total. The molecule has 1 amide bonds. The average molecular weight is 473 g/mol. The Hall–Kier alpha value is -2.33. The van der Waals surface area contributed by atoms with Crippen LogP contribution in [0.15, 0.2) is 39.2 Å². The van der Waals surface area contributed by atoms with Crippen molar-refractivity contribution < 1.29 is 9.21 Å². The molecule has 1 atom stereocenters. The minimum Gasteiger partial charge on any atom is -0.467 e. The molecule has 170 valence electrons. The SMILES string of the molecule is Cc1cc(C)nc(SCc2nnc(SCC(=O)N3CCCC[C@H]3C)n2Cc2ccco2)n1. The Morgan fingerprint density at radius 1 is 1.19 bits per heavy atom. The summed E-state index contributed by atoms with van der Waals surface area (Å²) < 4.78 is 7.57. The summed E-state index contributed by atoms with van der Waals surface area (Å²) in [6, 6.07) is 6.06. The molecular formula is C22H28N6O2S2. The first-order valence-corrected chi connectivity index (χ1v) is 12.8. The molecule has 0 unspecified atom stereocenters. The van der Waals surface area contributed by atoms with E-state index in [9.17, 15) is 4.79 Å². The molecule has 0 aromatic carbocycles. The number of nitrogens with zero attached hydrogens (tertiary/aromatic N) is 6. The number of hydrogen-bond acceptors (Lipinski definition) is 8. The lowest BCUT2D eigenvalue weighted by atomic mass is 10.0. The van der Waals surface area contributed by atoms with Gasteiger partial charge < -0.3 is 9.32 Å². The van der Waals surface area contributed by atoms with Crippen LogP contribution >= 0.6 is 23.5 Å². The van der Waals surface area contributed by atoms with Gasteiger partial charge in [-0.3, -0.25) is 9.36 Å². The van der Waals surface area contributed by atoms with E-state index in [1.165, 1.54) is 29.9 Å². The van der Waals surface area contributed by atoms with Crippen LogP contribution in [0.5, 0.6) is 0 Å². The van der Waals surface area contributed by atoms with E-state index in [0.29, 0.717) is 24.1 Å². The van der Waals surface area contributed by atoms with Crippen molar-refractivity contribution in [3.05, 3.63) is 47.4 Å². The number of thioether (sulfide) groups is 2. The van der Waals surface area contributed by atoms with Crippen molar-refractivity contribution in [1.82, 2.24) is 29.6 Å². The molecular weight excluding hydrogens is 444 g/mol. The van der Waals surface area contributed by atoms with Gasteiger partial charge in [0.15, 0.2) is 10.3 Å². The molecule has 1 saturated heterocycles. The van der Waals surface area contributed by atoms with E-state index in [2.05, 4.69) is 27.1 Å². The Morgan fingerprint density at radius 3 is 2.72 bits per heavy atom. The summed E-state index contributed by atoms with van der Waals surface area (Å²) in [6.45, 7) is 7.42. The predicted octanol–water partition coefficient (Wildman–Crippen LogP) is 4.11. The second-order valence-corrected chi connectivity index (χ2v) is 9.89. The summed E-state index contributed by atoms with van der Waals surface area (Å²) >= 11 is 2.96. The van der Waals surface area contributed by atoms with Crippen molar-refractivity contribution in [2.75, 3.05) is 12.3 Å². The lowest BCUT2D eigenvalue weighted by molar-refractivity contribution is -0.131. The maximum absolute atomic E-state index is 12.8. The fraction of sp³-hybridized carbons (Fsp3) is 0.500. The van der Waals surface area contributed by atoms with E-state index >= 15 is 0 Å². The summed E-state index contributed by atoms with van der Waals surface area (Å²) in [6.07, 6.45) is 5.01. The zero-order valence-corrected chi connectivity index (χ0v) is 20.3. The normalized spacial score (nSPS) is 16.5. The first kappa shape index (κ1) is 22.8. The number of piperidine rings is 1. The van der Waals surface area contributed by atoms with Crippen LogP contribution < -0.4 is 0 Å². The summed E-state index contributed by atoms with van der Waals surface area (Å²) in [4.78, 5) is 23.8. The Morgan fingerprint density at radius 2 is 2.00 bits per heavy atom. The third kappa shape index (κ3) is 5.72. The van der Waals surface area contributed by atoms with Crippen molar-refractivity contribution >= 4 is 29.4 Å². The number of carbonyl (C=O) groups excluding carboxylic acids is 1. The molecule has 0 bridgehead atoms. The molecule has 3 aromatic heterocycles. The first-order valence-electron chi connectivity index (χ1n) is 10.8. The van der Waals surface area contributed by atoms with Crippen LogP contribution in [0.3, 0.4) is 0 Å². The van der Waals surface area contributed by atoms with Crippen molar-refractivity contribution in [2.45, 2.75) is 68.7 Å². The predicted molar refractivity (Wildman–Crippen MR) is 125 cm³/mol. The second kappa shape index (κ2) is 10.5. The molecule has 0 aliphatic carbocycles. The van der Waals surface area contributed by atoms with Gasteiger partial charge in [0.25, 0.3) is 0 Å². The number of likely N-dealkylation sites (tertiary alicyclic amines) is 1.